The second-order valence-electron chi connectivity index (χ2n) is 7.72. The maximum Gasteiger partial charge on any atom is 0.0553 e. The van der Waals surface area contributed by atoms with Gasteiger partial charge < -0.3 is 9.80 Å². The van der Waals surface area contributed by atoms with E-state index in [1.807, 2.05) is 13.8 Å². The molecule has 128 valence electrons. The van der Waals surface area contributed by atoms with E-state index in [9.17, 15) is 0 Å². The molecule has 1 saturated carbocycles. The highest BCUT2D eigenvalue weighted by Gasteiger charge is 2.67. The van der Waals surface area contributed by atoms with Crippen LogP contribution in [0.3, 0.4) is 0 Å². The van der Waals surface area contributed by atoms with E-state index in [0.717, 1.165) is 5.69 Å². The molecule has 23 heavy (non-hydrogen) atoms. The number of hydrogen-bond donors (Lipinski definition) is 0. The van der Waals surface area contributed by atoms with Gasteiger partial charge in [-0.1, -0.05) is 13.8 Å². The molecule has 3 nitrogen and oxygen atoms in total. The van der Waals surface area contributed by atoms with Gasteiger partial charge in [-0.25, -0.2) is 0 Å². The normalized spacial score (nSPS) is 29.3. The lowest BCUT2D eigenvalue weighted by Gasteiger charge is -2.40. The molecule has 0 N–H and O–H groups in total. The molecule has 0 radical (unpaired) electrons. The molecule has 3 heterocycles. The zero-order valence-corrected chi connectivity index (χ0v) is 15.4. The number of anilines is 1. The third-order valence-corrected chi connectivity index (χ3v) is 6.46. The van der Waals surface area contributed by atoms with E-state index >= 15 is 0 Å². The molecule has 2 aliphatic heterocycles. The van der Waals surface area contributed by atoms with Gasteiger partial charge in [0.15, 0.2) is 0 Å². The Bertz CT molecular complexity index is 516. The van der Waals surface area contributed by atoms with E-state index in [-0.39, 0.29) is 0 Å². The molecule has 3 aliphatic rings. The first-order chi connectivity index (χ1) is 11.1. The number of piperidine rings is 2. The summed E-state index contributed by atoms with van der Waals surface area (Å²) in [5.41, 5.74) is 3.74. The Balaban J connectivity index is 0.000000753. The van der Waals surface area contributed by atoms with Crippen LogP contribution >= 0.6 is 0 Å². The number of aryl methyl sites for hydroxylation is 1. The second-order valence-corrected chi connectivity index (χ2v) is 7.72. The van der Waals surface area contributed by atoms with Gasteiger partial charge in [0.1, 0.15) is 0 Å². The second kappa shape index (κ2) is 6.43. The highest BCUT2D eigenvalue weighted by atomic mass is 15.2. The van der Waals surface area contributed by atoms with Gasteiger partial charge in [-0.15, -0.1) is 0 Å². The Morgan fingerprint density at radius 1 is 1.00 bits per heavy atom. The molecule has 2 saturated heterocycles. The van der Waals surface area contributed by atoms with Crippen molar-refractivity contribution in [3.8, 4) is 0 Å². The molecule has 3 fully saturated rings. The quantitative estimate of drug-likeness (QED) is 0.777. The number of likely N-dealkylation sites (tertiary alicyclic amines) is 1. The molecule has 1 aromatic rings. The maximum absolute atomic E-state index is 4.49. The standard InChI is InChI=1S/C18H27N3.C2H6/c1-15-4-5-16(12-19-15)21-9-3-6-18(14-21)13-17(18)7-10-20(2)11-8-17;1-2/h4-5,12H,3,6-11,13-14H2,1-2H3;1-2H3. The summed E-state index contributed by atoms with van der Waals surface area (Å²) in [6.07, 6.45) is 9.19. The molecule has 0 bridgehead atoms. The predicted octanol–water partition coefficient (Wildman–Crippen LogP) is 4.12. The Morgan fingerprint density at radius 3 is 2.39 bits per heavy atom. The van der Waals surface area contributed by atoms with Crippen LogP contribution in [0.5, 0.6) is 0 Å². The van der Waals surface area contributed by atoms with E-state index in [4.69, 9.17) is 0 Å². The van der Waals surface area contributed by atoms with Crippen molar-refractivity contribution in [2.24, 2.45) is 10.8 Å². The fourth-order valence-corrected chi connectivity index (χ4v) is 4.93. The van der Waals surface area contributed by atoms with Gasteiger partial charge in [0.25, 0.3) is 0 Å². The van der Waals surface area contributed by atoms with Crippen molar-refractivity contribution in [2.75, 3.05) is 38.1 Å². The lowest BCUT2D eigenvalue weighted by atomic mass is 9.79. The van der Waals surface area contributed by atoms with E-state index in [0.29, 0.717) is 10.8 Å². The van der Waals surface area contributed by atoms with Gasteiger partial charge in [0, 0.05) is 18.8 Å². The molecular formula is C20H33N3. The smallest absolute Gasteiger partial charge is 0.0553 e. The van der Waals surface area contributed by atoms with Crippen LogP contribution in [0.2, 0.25) is 0 Å². The van der Waals surface area contributed by atoms with E-state index in [1.54, 1.807) is 0 Å². The SMILES string of the molecule is CC.Cc1ccc(N2CCCC3(C2)CC32CCN(C)CC2)cn1. The van der Waals surface area contributed by atoms with E-state index < -0.39 is 0 Å². The number of hydrogen-bond acceptors (Lipinski definition) is 3. The van der Waals surface area contributed by atoms with E-state index in [2.05, 4.69) is 47.1 Å². The average Bonchev–Trinajstić information content (AvgIpc) is 3.18. The fraction of sp³-hybridized carbons (Fsp3) is 0.750. The van der Waals surface area contributed by atoms with Crippen molar-refractivity contribution in [1.82, 2.24) is 9.88 Å². The number of aromatic nitrogens is 1. The molecular weight excluding hydrogens is 282 g/mol. The van der Waals surface area contributed by atoms with Crippen LogP contribution in [0.15, 0.2) is 18.3 Å². The van der Waals surface area contributed by atoms with Crippen LogP contribution in [0, 0.1) is 17.8 Å². The predicted molar refractivity (Wildman–Crippen MR) is 98.0 cm³/mol. The molecule has 2 spiro atoms. The lowest BCUT2D eigenvalue weighted by molar-refractivity contribution is 0.155. The lowest BCUT2D eigenvalue weighted by Crippen LogP contribution is -2.42. The van der Waals surface area contributed by atoms with Crippen LogP contribution in [0.1, 0.15) is 51.6 Å². The first-order valence-corrected chi connectivity index (χ1v) is 9.49. The molecule has 4 rings (SSSR count). The summed E-state index contributed by atoms with van der Waals surface area (Å²) in [6.45, 7) is 11.1. The van der Waals surface area contributed by atoms with Crippen LogP contribution < -0.4 is 4.90 Å². The Kier molecular flexibility index (Phi) is 4.68. The Hall–Kier alpha value is -1.09. The monoisotopic (exact) mass is 315 g/mol. The van der Waals surface area contributed by atoms with Crippen LogP contribution in [-0.2, 0) is 0 Å². The third kappa shape index (κ3) is 3.00. The van der Waals surface area contributed by atoms with E-state index in [1.165, 1.54) is 64.0 Å². The maximum atomic E-state index is 4.49. The highest BCUT2D eigenvalue weighted by molar-refractivity contribution is 5.46. The van der Waals surface area contributed by atoms with Crippen LogP contribution in [-0.4, -0.2) is 43.1 Å². The number of pyridine rings is 1. The minimum absolute atomic E-state index is 0.622. The first-order valence-electron chi connectivity index (χ1n) is 9.49. The topological polar surface area (TPSA) is 19.4 Å². The van der Waals surface area contributed by atoms with Gasteiger partial charge in [0.05, 0.1) is 11.9 Å². The minimum Gasteiger partial charge on any atom is -0.370 e. The Labute approximate surface area is 142 Å². The van der Waals surface area contributed by atoms with Gasteiger partial charge in [0.2, 0.25) is 0 Å². The van der Waals surface area contributed by atoms with Crippen molar-refractivity contribution in [1.29, 1.82) is 0 Å². The largest absolute Gasteiger partial charge is 0.370 e. The summed E-state index contributed by atoms with van der Waals surface area (Å²) >= 11 is 0. The molecule has 1 aromatic heterocycles. The van der Waals surface area contributed by atoms with Crippen molar-refractivity contribution in [3.63, 3.8) is 0 Å². The van der Waals surface area contributed by atoms with Gasteiger partial charge in [-0.2, -0.15) is 0 Å². The van der Waals surface area contributed by atoms with Crippen molar-refractivity contribution < 1.29 is 0 Å². The van der Waals surface area contributed by atoms with Crippen molar-refractivity contribution in [3.05, 3.63) is 24.0 Å². The van der Waals surface area contributed by atoms with Gasteiger partial charge >= 0.3 is 0 Å². The molecule has 1 atom stereocenters. The van der Waals surface area contributed by atoms with Crippen molar-refractivity contribution >= 4 is 5.69 Å². The summed E-state index contributed by atoms with van der Waals surface area (Å²) < 4.78 is 0. The number of fused-ring (bicyclic) bond motifs is 1. The zero-order chi connectivity index (χ0) is 16.5. The number of nitrogens with zero attached hydrogens (tertiary/aromatic N) is 3. The first kappa shape index (κ1) is 16.8. The average molecular weight is 316 g/mol. The van der Waals surface area contributed by atoms with Crippen LogP contribution in [0.4, 0.5) is 5.69 Å². The van der Waals surface area contributed by atoms with Gasteiger partial charge in [-0.05, 0) is 82.1 Å². The van der Waals surface area contributed by atoms with Crippen molar-refractivity contribution in [2.45, 2.75) is 52.9 Å². The van der Waals surface area contributed by atoms with Crippen LogP contribution in [0.25, 0.3) is 0 Å². The fourth-order valence-electron chi connectivity index (χ4n) is 4.93. The third-order valence-electron chi connectivity index (χ3n) is 6.46. The molecule has 0 aromatic carbocycles. The summed E-state index contributed by atoms with van der Waals surface area (Å²) in [7, 11) is 2.27. The minimum atomic E-state index is 0.622. The summed E-state index contributed by atoms with van der Waals surface area (Å²) in [6, 6.07) is 4.40. The Morgan fingerprint density at radius 2 is 1.74 bits per heavy atom. The molecule has 1 aliphatic carbocycles. The summed E-state index contributed by atoms with van der Waals surface area (Å²) in [5, 5.41) is 0. The van der Waals surface area contributed by atoms with Gasteiger partial charge in [-0.3, -0.25) is 4.98 Å². The number of rotatable bonds is 1. The zero-order valence-electron chi connectivity index (χ0n) is 15.4. The molecule has 1 unspecified atom stereocenters. The molecule has 3 heteroatoms. The molecule has 0 amide bonds. The summed E-state index contributed by atoms with van der Waals surface area (Å²) in [5.74, 6) is 0. The summed E-state index contributed by atoms with van der Waals surface area (Å²) in [4.78, 5) is 9.59. The highest BCUT2D eigenvalue weighted by Crippen LogP contribution is 2.72.